The third kappa shape index (κ3) is 4.41. The molecular formula is C19H24FN3O5. The highest BCUT2D eigenvalue weighted by molar-refractivity contribution is 5.90. The number of cyclic esters (lactones) is 1. The van der Waals surface area contributed by atoms with Gasteiger partial charge in [-0.2, -0.15) is 0 Å². The number of hydrogen-bond acceptors (Lipinski definition) is 6. The lowest BCUT2D eigenvalue weighted by molar-refractivity contribution is -0.126. The molecule has 2 N–H and O–H groups in total. The van der Waals surface area contributed by atoms with Crippen LogP contribution in [0.15, 0.2) is 18.2 Å². The van der Waals surface area contributed by atoms with Gasteiger partial charge in [-0.05, 0) is 31.0 Å². The van der Waals surface area contributed by atoms with Crippen molar-refractivity contribution in [2.24, 2.45) is 5.92 Å². The number of carbonyl (C=O) groups is 3. The Bertz CT molecular complexity index is 764. The SMILES string of the molecule is CC(=O)NCC1CN(c2ccc(N3CCC(C(=O)CO)CC3)c(F)c2)C(=O)O1. The van der Waals surface area contributed by atoms with Gasteiger partial charge in [0, 0.05) is 25.9 Å². The lowest BCUT2D eigenvalue weighted by Crippen LogP contribution is -2.37. The summed E-state index contributed by atoms with van der Waals surface area (Å²) < 4.78 is 19.9. The molecule has 2 fully saturated rings. The lowest BCUT2D eigenvalue weighted by atomic mass is 9.92. The molecule has 2 heterocycles. The summed E-state index contributed by atoms with van der Waals surface area (Å²) in [7, 11) is 0. The van der Waals surface area contributed by atoms with E-state index in [0.717, 1.165) is 0 Å². The number of piperidine rings is 1. The van der Waals surface area contributed by atoms with Crippen molar-refractivity contribution < 1.29 is 28.6 Å². The molecule has 0 saturated carbocycles. The average molecular weight is 393 g/mol. The number of halogens is 1. The largest absolute Gasteiger partial charge is 0.442 e. The van der Waals surface area contributed by atoms with Crippen LogP contribution < -0.4 is 15.1 Å². The highest BCUT2D eigenvalue weighted by Crippen LogP contribution is 2.30. The Hall–Kier alpha value is -2.68. The number of nitrogens with zero attached hydrogens (tertiary/aromatic N) is 2. The van der Waals surface area contributed by atoms with E-state index in [-0.39, 0.29) is 30.7 Å². The Balaban J connectivity index is 1.64. The van der Waals surface area contributed by atoms with Crippen molar-refractivity contribution in [3.05, 3.63) is 24.0 Å². The standard InChI is InChI=1S/C19H24FN3O5/c1-12(25)21-9-15-10-23(19(27)28-15)14-2-3-17(16(20)8-14)22-6-4-13(5-7-22)18(26)11-24/h2-3,8,13,15,24H,4-7,9-11H2,1H3,(H,21,25). The molecule has 28 heavy (non-hydrogen) atoms. The van der Waals surface area contributed by atoms with Crippen LogP contribution in [-0.2, 0) is 14.3 Å². The van der Waals surface area contributed by atoms with E-state index in [1.807, 2.05) is 4.90 Å². The van der Waals surface area contributed by atoms with Crippen molar-refractivity contribution in [1.29, 1.82) is 0 Å². The first-order valence-corrected chi connectivity index (χ1v) is 9.29. The number of benzene rings is 1. The van der Waals surface area contributed by atoms with E-state index in [4.69, 9.17) is 9.84 Å². The number of ketones is 1. The minimum atomic E-state index is -0.578. The van der Waals surface area contributed by atoms with Crippen LogP contribution in [0.2, 0.25) is 0 Å². The number of amides is 2. The Morgan fingerprint density at radius 3 is 2.64 bits per heavy atom. The predicted molar refractivity (Wildman–Crippen MR) is 99.7 cm³/mol. The number of Topliss-reactive ketones (excluding diaryl/α,β-unsaturated/α-hetero) is 1. The van der Waals surface area contributed by atoms with E-state index >= 15 is 0 Å². The number of aliphatic hydroxyl groups is 1. The van der Waals surface area contributed by atoms with Crippen molar-refractivity contribution in [1.82, 2.24) is 5.32 Å². The molecule has 0 bridgehead atoms. The van der Waals surface area contributed by atoms with Crippen LogP contribution in [0.25, 0.3) is 0 Å². The second-order valence-electron chi connectivity index (χ2n) is 7.07. The van der Waals surface area contributed by atoms with Gasteiger partial charge in [0.05, 0.1) is 24.5 Å². The number of ether oxygens (including phenoxy) is 1. The van der Waals surface area contributed by atoms with Gasteiger partial charge in [0.15, 0.2) is 5.78 Å². The Morgan fingerprint density at radius 1 is 1.32 bits per heavy atom. The summed E-state index contributed by atoms with van der Waals surface area (Å²) >= 11 is 0. The number of carbonyl (C=O) groups excluding carboxylic acids is 3. The van der Waals surface area contributed by atoms with Gasteiger partial charge < -0.3 is 20.1 Å². The van der Waals surface area contributed by atoms with Crippen molar-refractivity contribution in [3.63, 3.8) is 0 Å². The van der Waals surface area contributed by atoms with E-state index in [2.05, 4.69) is 5.32 Å². The Kier molecular flexibility index (Phi) is 6.13. The van der Waals surface area contributed by atoms with E-state index in [9.17, 15) is 18.8 Å². The van der Waals surface area contributed by atoms with Gasteiger partial charge in [0.25, 0.3) is 0 Å². The third-order valence-corrected chi connectivity index (χ3v) is 5.14. The fourth-order valence-electron chi connectivity index (χ4n) is 3.59. The molecule has 1 atom stereocenters. The minimum Gasteiger partial charge on any atom is -0.442 e. The second-order valence-corrected chi connectivity index (χ2v) is 7.07. The van der Waals surface area contributed by atoms with Crippen LogP contribution in [0.3, 0.4) is 0 Å². The molecule has 2 aliphatic heterocycles. The lowest BCUT2D eigenvalue weighted by Gasteiger charge is -2.33. The molecule has 152 valence electrons. The monoisotopic (exact) mass is 393 g/mol. The zero-order chi connectivity index (χ0) is 20.3. The predicted octanol–water partition coefficient (Wildman–Crippen LogP) is 1.06. The van der Waals surface area contributed by atoms with Gasteiger partial charge in [-0.1, -0.05) is 0 Å². The van der Waals surface area contributed by atoms with Gasteiger partial charge in [-0.25, -0.2) is 9.18 Å². The molecule has 0 aliphatic carbocycles. The number of nitrogens with one attached hydrogen (secondary N) is 1. The molecule has 0 radical (unpaired) electrons. The maximum Gasteiger partial charge on any atom is 0.414 e. The summed E-state index contributed by atoms with van der Waals surface area (Å²) in [4.78, 5) is 37.8. The first kappa shape index (κ1) is 20.1. The normalized spacial score (nSPS) is 20.2. The van der Waals surface area contributed by atoms with E-state index in [0.29, 0.717) is 37.3 Å². The number of rotatable bonds is 6. The van der Waals surface area contributed by atoms with E-state index < -0.39 is 24.6 Å². The minimum absolute atomic E-state index is 0.170. The highest BCUT2D eigenvalue weighted by Gasteiger charge is 2.33. The molecule has 0 spiro atoms. The van der Waals surface area contributed by atoms with Crippen LogP contribution in [0.5, 0.6) is 0 Å². The topological polar surface area (TPSA) is 99.2 Å². The molecule has 9 heteroatoms. The Morgan fingerprint density at radius 2 is 2.04 bits per heavy atom. The quantitative estimate of drug-likeness (QED) is 0.750. The molecule has 8 nitrogen and oxygen atoms in total. The Labute approximate surface area is 162 Å². The average Bonchev–Trinajstić information content (AvgIpc) is 3.06. The maximum atomic E-state index is 14.7. The molecule has 1 aromatic carbocycles. The molecular weight excluding hydrogens is 369 g/mol. The van der Waals surface area contributed by atoms with Gasteiger partial charge in [-0.15, -0.1) is 0 Å². The third-order valence-electron chi connectivity index (χ3n) is 5.14. The maximum absolute atomic E-state index is 14.7. The molecule has 2 amide bonds. The van der Waals surface area contributed by atoms with Crippen molar-refractivity contribution >= 4 is 29.2 Å². The summed E-state index contributed by atoms with van der Waals surface area (Å²) in [6.45, 7) is 2.41. The number of anilines is 2. The van der Waals surface area contributed by atoms with Crippen LogP contribution in [0.1, 0.15) is 19.8 Å². The van der Waals surface area contributed by atoms with Crippen LogP contribution in [0, 0.1) is 11.7 Å². The molecule has 3 rings (SSSR count). The second kappa shape index (κ2) is 8.55. The summed E-state index contributed by atoms with van der Waals surface area (Å²) in [5.41, 5.74) is 0.808. The highest BCUT2D eigenvalue weighted by atomic mass is 19.1. The molecule has 2 aliphatic rings. The number of hydrogen-bond donors (Lipinski definition) is 2. The van der Waals surface area contributed by atoms with Crippen molar-refractivity contribution in [2.45, 2.75) is 25.9 Å². The summed E-state index contributed by atoms with van der Waals surface area (Å²) in [5, 5.41) is 11.6. The smallest absolute Gasteiger partial charge is 0.414 e. The van der Waals surface area contributed by atoms with E-state index in [1.165, 1.54) is 17.9 Å². The number of aliphatic hydroxyl groups excluding tert-OH is 1. The van der Waals surface area contributed by atoms with Crippen LogP contribution in [-0.4, -0.2) is 61.8 Å². The zero-order valence-corrected chi connectivity index (χ0v) is 15.7. The van der Waals surface area contributed by atoms with Crippen molar-refractivity contribution in [2.75, 3.05) is 42.6 Å². The summed E-state index contributed by atoms with van der Waals surface area (Å²) in [6.07, 6.45) is 0.0846. The first-order chi connectivity index (χ1) is 13.4. The zero-order valence-electron chi connectivity index (χ0n) is 15.7. The van der Waals surface area contributed by atoms with Crippen molar-refractivity contribution in [3.8, 4) is 0 Å². The van der Waals surface area contributed by atoms with Gasteiger partial charge in [0.2, 0.25) is 5.91 Å². The summed E-state index contributed by atoms with van der Waals surface area (Å²) in [5.74, 6) is -1.02. The summed E-state index contributed by atoms with van der Waals surface area (Å²) in [6, 6.07) is 4.57. The molecule has 0 aromatic heterocycles. The fourth-order valence-corrected chi connectivity index (χ4v) is 3.59. The van der Waals surface area contributed by atoms with E-state index in [1.54, 1.807) is 12.1 Å². The molecule has 2 saturated heterocycles. The van der Waals surface area contributed by atoms with Gasteiger partial charge >= 0.3 is 6.09 Å². The van der Waals surface area contributed by atoms with Gasteiger partial charge in [0.1, 0.15) is 18.5 Å². The van der Waals surface area contributed by atoms with Crippen LogP contribution in [0.4, 0.5) is 20.6 Å². The molecule has 1 unspecified atom stereocenters. The molecule has 1 aromatic rings. The fraction of sp³-hybridized carbons (Fsp3) is 0.526. The first-order valence-electron chi connectivity index (χ1n) is 9.29. The van der Waals surface area contributed by atoms with Gasteiger partial charge in [-0.3, -0.25) is 14.5 Å². The van der Waals surface area contributed by atoms with Crippen LogP contribution >= 0.6 is 0 Å².